The van der Waals surface area contributed by atoms with E-state index in [1.54, 1.807) is 6.20 Å². The average Bonchev–Trinajstić information content (AvgIpc) is 3.40. The number of nitrogens with zero attached hydrogens (tertiary/aromatic N) is 6. The molecule has 10 heteroatoms. The van der Waals surface area contributed by atoms with E-state index >= 15 is 0 Å². The van der Waals surface area contributed by atoms with Crippen LogP contribution in [0.15, 0.2) is 41.6 Å². The second kappa shape index (κ2) is 12.0. The number of halogens is 1. The highest BCUT2D eigenvalue weighted by molar-refractivity contribution is 6.32. The quantitative estimate of drug-likeness (QED) is 0.422. The first-order valence-corrected chi connectivity index (χ1v) is 13.9. The third-order valence-electron chi connectivity index (χ3n) is 7.69. The molecule has 3 fully saturated rings. The molecule has 1 amide bonds. The average molecular weight is 535 g/mol. The van der Waals surface area contributed by atoms with Gasteiger partial charge in [0.1, 0.15) is 16.7 Å². The zero-order chi connectivity index (χ0) is 26.5. The third kappa shape index (κ3) is 6.20. The number of carbonyl (C=O) groups is 1. The number of likely N-dealkylation sites (N-methyl/N-ethyl adjacent to an activating group) is 1. The number of hydrogen-bond donors (Lipinski definition) is 2. The Morgan fingerprint density at radius 1 is 1.05 bits per heavy atom. The second-order valence-corrected chi connectivity index (χ2v) is 10.8. The van der Waals surface area contributed by atoms with Crippen molar-refractivity contribution in [1.29, 1.82) is 5.26 Å². The van der Waals surface area contributed by atoms with Crippen molar-refractivity contribution in [3.8, 4) is 6.07 Å². The number of nitrogens with one attached hydrogen (secondary N) is 2. The van der Waals surface area contributed by atoms with Crippen molar-refractivity contribution in [2.75, 3.05) is 61.4 Å². The van der Waals surface area contributed by atoms with Gasteiger partial charge in [0.2, 0.25) is 5.95 Å². The van der Waals surface area contributed by atoms with Crippen LogP contribution >= 0.6 is 11.6 Å². The first-order chi connectivity index (χ1) is 18.5. The molecular weight excluding hydrogens is 500 g/mol. The minimum Gasteiger partial charge on any atom is -0.369 e. The van der Waals surface area contributed by atoms with E-state index in [0.29, 0.717) is 35.5 Å². The van der Waals surface area contributed by atoms with E-state index in [4.69, 9.17) is 11.6 Å². The molecule has 1 atom stereocenters. The summed E-state index contributed by atoms with van der Waals surface area (Å²) in [7, 11) is 2.16. The summed E-state index contributed by atoms with van der Waals surface area (Å²) in [5.41, 5.74) is 3.42. The molecule has 2 saturated heterocycles. The zero-order valence-electron chi connectivity index (χ0n) is 21.9. The van der Waals surface area contributed by atoms with E-state index < -0.39 is 0 Å². The Kier molecular flexibility index (Phi) is 8.30. The van der Waals surface area contributed by atoms with Crippen molar-refractivity contribution < 1.29 is 4.79 Å². The van der Waals surface area contributed by atoms with E-state index in [1.165, 1.54) is 12.1 Å². The van der Waals surface area contributed by atoms with Crippen molar-refractivity contribution in [2.24, 2.45) is 0 Å². The smallest absolute Gasteiger partial charge is 0.262 e. The summed E-state index contributed by atoms with van der Waals surface area (Å²) in [5, 5.41) is 16.4. The number of nitriles is 1. The van der Waals surface area contributed by atoms with Crippen molar-refractivity contribution in [3.05, 3.63) is 46.6 Å². The SMILES string of the molecule is CN1CCN(c2ccc(Nc3ncc(Cl)c(N4CC[C@@H](NC(=O)C(C#N)=C5CCCCC5)C4)n3)cc2)CC1. The molecule has 1 aromatic heterocycles. The first-order valence-electron chi connectivity index (χ1n) is 13.5. The van der Waals surface area contributed by atoms with Crippen LogP contribution in [0.2, 0.25) is 5.02 Å². The van der Waals surface area contributed by atoms with Gasteiger partial charge in [-0.15, -0.1) is 0 Å². The normalized spacial score (nSPS) is 20.2. The minimum atomic E-state index is -0.257. The zero-order valence-corrected chi connectivity index (χ0v) is 22.7. The summed E-state index contributed by atoms with van der Waals surface area (Å²) in [5.74, 6) is 0.853. The van der Waals surface area contributed by atoms with Crippen molar-refractivity contribution in [1.82, 2.24) is 20.2 Å². The fourth-order valence-electron chi connectivity index (χ4n) is 5.44. The molecule has 3 heterocycles. The Hall–Kier alpha value is -3.35. The number of piperazine rings is 1. The maximum atomic E-state index is 12.9. The number of anilines is 4. The molecule has 5 rings (SSSR count). The Morgan fingerprint density at radius 2 is 1.79 bits per heavy atom. The predicted molar refractivity (Wildman–Crippen MR) is 151 cm³/mol. The standard InChI is InChI=1S/C28H35ClN8O/c1-35-13-15-36(16-14-35)23-9-7-21(8-10-23)33-28-31-18-25(29)26(34-28)37-12-11-22(19-37)32-27(38)24(17-30)20-5-3-2-4-6-20/h7-10,18,22H,2-6,11-16,19H2,1H3,(H,32,38)(H,31,33,34)/t22-/m1/s1. The molecule has 2 aliphatic heterocycles. The van der Waals surface area contributed by atoms with E-state index in [0.717, 1.165) is 69.5 Å². The summed E-state index contributed by atoms with van der Waals surface area (Å²) in [6.45, 7) is 5.48. The largest absolute Gasteiger partial charge is 0.369 e. The molecule has 1 saturated carbocycles. The molecule has 0 unspecified atom stereocenters. The molecule has 2 N–H and O–H groups in total. The van der Waals surface area contributed by atoms with Gasteiger partial charge in [0.25, 0.3) is 5.91 Å². The van der Waals surface area contributed by atoms with Gasteiger partial charge in [-0.1, -0.05) is 18.0 Å². The Bertz CT molecular complexity index is 1210. The summed E-state index contributed by atoms with van der Waals surface area (Å²) in [6, 6.07) is 10.4. The molecule has 0 radical (unpaired) electrons. The fraction of sp³-hybridized carbons (Fsp3) is 0.500. The number of hydrogen-bond acceptors (Lipinski definition) is 8. The molecule has 38 heavy (non-hydrogen) atoms. The molecule has 1 aliphatic carbocycles. The van der Waals surface area contributed by atoms with Crippen LogP contribution in [0.5, 0.6) is 0 Å². The number of benzene rings is 1. The summed E-state index contributed by atoms with van der Waals surface area (Å²) >= 11 is 6.48. The van der Waals surface area contributed by atoms with Crippen LogP contribution in [0.25, 0.3) is 0 Å². The van der Waals surface area contributed by atoms with Gasteiger partial charge in [-0.2, -0.15) is 10.2 Å². The second-order valence-electron chi connectivity index (χ2n) is 10.4. The van der Waals surface area contributed by atoms with Crippen LogP contribution in [0.1, 0.15) is 38.5 Å². The molecule has 9 nitrogen and oxygen atoms in total. The monoisotopic (exact) mass is 534 g/mol. The van der Waals surface area contributed by atoms with Crippen LogP contribution in [0.3, 0.4) is 0 Å². The first kappa shape index (κ1) is 26.3. The molecule has 0 bridgehead atoms. The third-order valence-corrected chi connectivity index (χ3v) is 7.96. The topological polar surface area (TPSA) is 100 Å². The molecule has 200 valence electrons. The number of allylic oxidation sites excluding steroid dienone is 1. The maximum absolute atomic E-state index is 12.9. The van der Waals surface area contributed by atoms with Gasteiger partial charge in [0.05, 0.1) is 6.20 Å². The number of rotatable bonds is 6. The summed E-state index contributed by atoms with van der Waals surface area (Å²) in [4.78, 5) is 28.7. The van der Waals surface area contributed by atoms with Gasteiger partial charge < -0.3 is 25.3 Å². The van der Waals surface area contributed by atoms with Crippen LogP contribution in [0.4, 0.5) is 23.1 Å². The van der Waals surface area contributed by atoms with Gasteiger partial charge in [0.15, 0.2) is 5.82 Å². The van der Waals surface area contributed by atoms with E-state index in [9.17, 15) is 10.1 Å². The van der Waals surface area contributed by atoms with Crippen LogP contribution in [-0.4, -0.2) is 73.1 Å². The highest BCUT2D eigenvalue weighted by Gasteiger charge is 2.28. The molecule has 2 aromatic rings. The van der Waals surface area contributed by atoms with Crippen LogP contribution < -0.4 is 20.4 Å². The lowest BCUT2D eigenvalue weighted by atomic mass is 9.91. The number of amides is 1. The Balaban J connectivity index is 1.20. The Labute approximate surface area is 229 Å². The highest BCUT2D eigenvalue weighted by Crippen LogP contribution is 2.29. The fourth-order valence-corrected chi connectivity index (χ4v) is 5.65. The van der Waals surface area contributed by atoms with E-state index in [2.05, 4.69) is 60.6 Å². The minimum absolute atomic E-state index is 0.0698. The lowest BCUT2D eigenvalue weighted by Gasteiger charge is -2.34. The lowest BCUT2D eigenvalue weighted by Crippen LogP contribution is -2.44. The molecular formula is C28H35ClN8O. The van der Waals surface area contributed by atoms with Crippen molar-refractivity contribution >= 4 is 40.6 Å². The van der Waals surface area contributed by atoms with E-state index in [1.807, 2.05) is 12.1 Å². The maximum Gasteiger partial charge on any atom is 0.262 e. The van der Waals surface area contributed by atoms with E-state index in [-0.39, 0.29) is 11.9 Å². The lowest BCUT2D eigenvalue weighted by molar-refractivity contribution is -0.117. The predicted octanol–water partition coefficient (Wildman–Crippen LogP) is 4.10. The highest BCUT2D eigenvalue weighted by atomic mass is 35.5. The summed E-state index contributed by atoms with van der Waals surface area (Å²) in [6.07, 6.45) is 7.33. The van der Waals surface area contributed by atoms with Crippen LogP contribution in [-0.2, 0) is 4.79 Å². The van der Waals surface area contributed by atoms with Gasteiger partial charge in [-0.3, -0.25) is 4.79 Å². The molecule has 1 aromatic carbocycles. The van der Waals surface area contributed by atoms with Gasteiger partial charge in [0, 0.05) is 56.7 Å². The van der Waals surface area contributed by atoms with Gasteiger partial charge in [-0.25, -0.2) is 4.98 Å². The summed E-state index contributed by atoms with van der Waals surface area (Å²) < 4.78 is 0. The van der Waals surface area contributed by atoms with Crippen molar-refractivity contribution in [3.63, 3.8) is 0 Å². The van der Waals surface area contributed by atoms with Crippen LogP contribution in [0, 0.1) is 11.3 Å². The molecule has 3 aliphatic rings. The van der Waals surface area contributed by atoms with Gasteiger partial charge >= 0.3 is 0 Å². The van der Waals surface area contributed by atoms with Crippen molar-refractivity contribution in [2.45, 2.75) is 44.6 Å². The Morgan fingerprint density at radius 3 is 2.50 bits per heavy atom. The number of carbonyl (C=O) groups excluding carboxylic acids is 1. The van der Waals surface area contributed by atoms with Gasteiger partial charge in [-0.05, 0) is 69.0 Å². The number of aromatic nitrogens is 2. The molecule has 0 spiro atoms.